The molecule has 1 aliphatic heterocycles. The van der Waals surface area contributed by atoms with Gasteiger partial charge >= 0.3 is 0 Å². The van der Waals surface area contributed by atoms with Gasteiger partial charge in [-0.3, -0.25) is 4.79 Å². The van der Waals surface area contributed by atoms with Crippen molar-refractivity contribution in [2.24, 2.45) is 0 Å². The van der Waals surface area contributed by atoms with E-state index in [4.69, 9.17) is 9.47 Å². The molecule has 0 saturated carbocycles. The summed E-state index contributed by atoms with van der Waals surface area (Å²) in [5, 5.41) is 3.97. The van der Waals surface area contributed by atoms with E-state index in [0.29, 0.717) is 17.9 Å². The summed E-state index contributed by atoms with van der Waals surface area (Å²) in [5.74, 6) is 0.392. The highest BCUT2D eigenvalue weighted by Crippen LogP contribution is 2.26. The van der Waals surface area contributed by atoms with Gasteiger partial charge in [-0.05, 0) is 50.1 Å². The van der Waals surface area contributed by atoms with Gasteiger partial charge in [0, 0.05) is 12.3 Å². The van der Waals surface area contributed by atoms with Crippen molar-refractivity contribution in [2.75, 3.05) is 18.5 Å². The number of aromatic nitrogens is 1. The Kier molecular flexibility index (Phi) is 4.86. The molecule has 1 N–H and O–H groups in total. The third-order valence-electron chi connectivity index (χ3n) is 4.33. The van der Waals surface area contributed by atoms with Crippen molar-refractivity contribution in [3.63, 3.8) is 0 Å². The summed E-state index contributed by atoms with van der Waals surface area (Å²) in [6.07, 6.45) is 2.18. The molecule has 26 heavy (non-hydrogen) atoms. The van der Waals surface area contributed by atoms with Crippen LogP contribution in [0.25, 0.3) is 10.2 Å². The Labute approximate surface area is 156 Å². The first-order valence-electron chi connectivity index (χ1n) is 8.71. The quantitative estimate of drug-likeness (QED) is 0.724. The van der Waals surface area contributed by atoms with Gasteiger partial charge in [0.25, 0.3) is 5.91 Å². The van der Waals surface area contributed by atoms with Crippen LogP contribution in [-0.4, -0.2) is 30.2 Å². The van der Waals surface area contributed by atoms with E-state index in [9.17, 15) is 4.79 Å². The van der Waals surface area contributed by atoms with Crippen LogP contribution < -0.4 is 10.1 Å². The molecule has 1 saturated heterocycles. The molecule has 1 fully saturated rings. The highest BCUT2D eigenvalue weighted by molar-refractivity contribution is 7.18. The second kappa shape index (κ2) is 7.43. The fraction of sp³-hybridized carbons (Fsp3) is 0.300. The number of hydrogen-bond acceptors (Lipinski definition) is 5. The van der Waals surface area contributed by atoms with Crippen LogP contribution in [0.15, 0.2) is 42.5 Å². The lowest BCUT2D eigenvalue weighted by Crippen LogP contribution is -2.19. The summed E-state index contributed by atoms with van der Waals surface area (Å²) >= 11 is 1.61. The molecule has 2 aromatic carbocycles. The van der Waals surface area contributed by atoms with Crippen LogP contribution in [0.4, 0.5) is 5.69 Å². The molecule has 1 aliphatic rings. The van der Waals surface area contributed by atoms with E-state index in [0.717, 1.165) is 40.4 Å². The lowest BCUT2D eigenvalue weighted by molar-refractivity contribution is 0.0673. The second-order valence-corrected chi connectivity index (χ2v) is 7.55. The number of carbonyl (C=O) groups excluding carboxylic acids is 1. The zero-order valence-electron chi connectivity index (χ0n) is 14.5. The highest BCUT2D eigenvalue weighted by Gasteiger charge is 2.18. The minimum Gasteiger partial charge on any atom is -0.490 e. The Bertz CT molecular complexity index is 932. The number of benzene rings is 2. The third-order valence-corrected chi connectivity index (χ3v) is 5.27. The number of hydrogen-bond donors (Lipinski definition) is 1. The monoisotopic (exact) mass is 368 g/mol. The van der Waals surface area contributed by atoms with Gasteiger partial charge in [-0.1, -0.05) is 12.1 Å². The van der Waals surface area contributed by atoms with Crippen molar-refractivity contribution in [1.29, 1.82) is 0 Å². The number of rotatable bonds is 5. The van der Waals surface area contributed by atoms with E-state index in [1.54, 1.807) is 17.4 Å². The molecular weight excluding hydrogens is 348 g/mol. The van der Waals surface area contributed by atoms with Crippen molar-refractivity contribution in [3.8, 4) is 5.75 Å². The standard InChI is InChI=1S/C20H20N2O3S/c1-13-21-17-9-8-14(11-19(17)26-13)22-20(23)16-6-2-3-7-18(16)25-12-15-5-4-10-24-15/h2-3,6-9,11,15H,4-5,10,12H2,1H3,(H,22,23). The number of fused-ring (bicyclic) bond motifs is 1. The maximum absolute atomic E-state index is 12.7. The minimum absolute atomic E-state index is 0.114. The van der Waals surface area contributed by atoms with E-state index in [1.807, 2.05) is 43.3 Å². The smallest absolute Gasteiger partial charge is 0.259 e. The Hall–Kier alpha value is -2.44. The maximum Gasteiger partial charge on any atom is 0.259 e. The summed E-state index contributed by atoms with van der Waals surface area (Å²) in [7, 11) is 0. The average molecular weight is 368 g/mol. The van der Waals surface area contributed by atoms with Gasteiger partial charge in [-0.15, -0.1) is 11.3 Å². The van der Waals surface area contributed by atoms with Crippen molar-refractivity contribution >= 4 is 33.1 Å². The molecule has 0 spiro atoms. The molecule has 5 nitrogen and oxygen atoms in total. The molecule has 0 aliphatic carbocycles. The number of para-hydroxylation sites is 1. The van der Waals surface area contributed by atoms with Crippen molar-refractivity contribution < 1.29 is 14.3 Å². The summed E-state index contributed by atoms with van der Waals surface area (Å²) in [5.41, 5.74) is 2.22. The van der Waals surface area contributed by atoms with E-state index in [-0.39, 0.29) is 12.0 Å². The van der Waals surface area contributed by atoms with Gasteiger partial charge in [-0.25, -0.2) is 4.98 Å². The van der Waals surface area contributed by atoms with E-state index in [1.165, 1.54) is 0 Å². The summed E-state index contributed by atoms with van der Waals surface area (Å²) in [6.45, 7) is 3.23. The Morgan fingerprint density at radius 2 is 2.23 bits per heavy atom. The summed E-state index contributed by atoms with van der Waals surface area (Å²) in [6, 6.07) is 13.0. The number of amides is 1. The zero-order chi connectivity index (χ0) is 17.9. The number of nitrogens with one attached hydrogen (secondary N) is 1. The first kappa shape index (κ1) is 17.0. The number of nitrogens with zero attached hydrogens (tertiary/aromatic N) is 1. The van der Waals surface area contributed by atoms with E-state index < -0.39 is 0 Å². The van der Waals surface area contributed by atoms with Crippen LogP contribution in [0.3, 0.4) is 0 Å². The van der Waals surface area contributed by atoms with Gasteiger partial charge in [0.2, 0.25) is 0 Å². The zero-order valence-corrected chi connectivity index (χ0v) is 15.3. The maximum atomic E-state index is 12.7. The Morgan fingerprint density at radius 1 is 1.35 bits per heavy atom. The number of anilines is 1. The fourth-order valence-corrected chi connectivity index (χ4v) is 3.92. The molecule has 1 amide bonds. The summed E-state index contributed by atoms with van der Waals surface area (Å²) in [4.78, 5) is 17.2. The van der Waals surface area contributed by atoms with Crippen molar-refractivity contribution in [3.05, 3.63) is 53.0 Å². The van der Waals surface area contributed by atoms with Crippen molar-refractivity contribution in [2.45, 2.75) is 25.9 Å². The fourth-order valence-electron chi connectivity index (χ4n) is 3.05. The molecule has 3 aromatic rings. The molecule has 0 bridgehead atoms. The van der Waals surface area contributed by atoms with Gasteiger partial charge < -0.3 is 14.8 Å². The highest BCUT2D eigenvalue weighted by atomic mass is 32.1. The summed E-state index contributed by atoms with van der Waals surface area (Å²) < 4.78 is 12.5. The predicted octanol–water partition coefficient (Wildman–Crippen LogP) is 4.41. The molecule has 1 aromatic heterocycles. The largest absolute Gasteiger partial charge is 0.490 e. The van der Waals surface area contributed by atoms with E-state index >= 15 is 0 Å². The first-order valence-corrected chi connectivity index (χ1v) is 9.53. The van der Waals surface area contributed by atoms with Crippen molar-refractivity contribution in [1.82, 2.24) is 4.98 Å². The number of carbonyl (C=O) groups is 1. The number of thiazole rings is 1. The Balaban J connectivity index is 1.49. The topological polar surface area (TPSA) is 60.5 Å². The van der Waals surface area contributed by atoms with Crippen LogP contribution in [0.2, 0.25) is 0 Å². The van der Waals surface area contributed by atoms with Crippen LogP contribution in [0, 0.1) is 6.92 Å². The minimum atomic E-state index is -0.187. The molecule has 1 unspecified atom stereocenters. The third kappa shape index (κ3) is 3.71. The van der Waals surface area contributed by atoms with Gasteiger partial charge in [0.05, 0.1) is 26.9 Å². The molecule has 2 heterocycles. The molecule has 4 rings (SSSR count). The first-order chi connectivity index (χ1) is 12.7. The molecule has 134 valence electrons. The second-order valence-electron chi connectivity index (χ2n) is 6.31. The average Bonchev–Trinajstić information content (AvgIpc) is 3.28. The van der Waals surface area contributed by atoms with Gasteiger partial charge in [0.1, 0.15) is 12.4 Å². The molecule has 0 radical (unpaired) electrons. The van der Waals surface area contributed by atoms with Crippen LogP contribution >= 0.6 is 11.3 Å². The predicted molar refractivity (Wildman–Crippen MR) is 103 cm³/mol. The van der Waals surface area contributed by atoms with Gasteiger partial charge in [-0.2, -0.15) is 0 Å². The lowest BCUT2D eigenvalue weighted by Gasteiger charge is -2.14. The molecule has 6 heteroatoms. The lowest BCUT2D eigenvalue weighted by atomic mass is 10.1. The van der Waals surface area contributed by atoms with Crippen LogP contribution in [0.1, 0.15) is 28.2 Å². The normalized spacial score (nSPS) is 16.7. The SMILES string of the molecule is Cc1nc2ccc(NC(=O)c3ccccc3OCC3CCCO3)cc2s1. The number of aryl methyl sites for hydroxylation is 1. The molecule has 1 atom stereocenters. The molecular formula is C20H20N2O3S. The van der Waals surface area contributed by atoms with E-state index in [2.05, 4.69) is 10.3 Å². The van der Waals surface area contributed by atoms with Crippen LogP contribution in [-0.2, 0) is 4.74 Å². The van der Waals surface area contributed by atoms with Gasteiger partial charge in [0.15, 0.2) is 0 Å². The number of ether oxygens (including phenoxy) is 2. The Morgan fingerprint density at radius 3 is 3.08 bits per heavy atom. The van der Waals surface area contributed by atoms with Crippen LogP contribution in [0.5, 0.6) is 5.75 Å².